The SMILES string of the molecule is CCCNc1ccc(Cl)cc1C(=O)NCC1CCC(=O)N1. The van der Waals surface area contributed by atoms with E-state index in [1.807, 2.05) is 6.07 Å². The van der Waals surface area contributed by atoms with Crippen LogP contribution in [0.15, 0.2) is 18.2 Å². The van der Waals surface area contributed by atoms with Gasteiger partial charge in [-0.1, -0.05) is 18.5 Å². The fraction of sp³-hybridized carbons (Fsp3) is 0.467. The van der Waals surface area contributed by atoms with Gasteiger partial charge in [-0.15, -0.1) is 0 Å². The molecule has 2 amide bonds. The Kier molecular flexibility index (Phi) is 5.44. The summed E-state index contributed by atoms with van der Waals surface area (Å²) in [5.74, 6) is -0.139. The highest BCUT2D eigenvalue weighted by molar-refractivity contribution is 6.31. The van der Waals surface area contributed by atoms with Crippen LogP contribution in [0.2, 0.25) is 5.02 Å². The molecular weight excluding hydrogens is 290 g/mol. The molecule has 0 bridgehead atoms. The maximum atomic E-state index is 12.3. The van der Waals surface area contributed by atoms with Crippen LogP contribution in [-0.4, -0.2) is 30.9 Å². The van der Waals surface area contributed by atoms with E-state index in [0.29, 0.717) is 23.6 Å². The maximum Gasteiger partial charge on any atom is 0.253 e. The van der Waals surface area contributed by atoms with Crippen LogP contribution < -0.4 is 16.0 Å². The standard InChI is InChI=1S/C15H20ClN3O2/c1-2-7-17-13-5-3-10(16)8-12(13)15(21)18-9-11-4-6-14(20)19-11/h3,5,8,11,17H,2,4,6-7,9H2,1H3,(H,18,21)(H,19,20). The molecular formula is C15H20ClN3O2. The fourth-order valence-electron chi connectivity index (χ4n) is 2.26. The minimum atomic E-state index is -0.183. The van der Waals surface area contributed by atoms with Gasteiger partial charge in [-0.2, -0.15) is 0 Å². The molecule has 3 N–H and O–H groups in total. The number of rotatable bonds is 6. The van der Waals surface area contributed by atoms with E-state index >= 15 is 0 Å². The van der Waals surface area contributed by atoms with Gasteiger partial charge in [0.1, 0.15) is 0 Å². The third-order valence-corrected chi connectivity index (χ3v) is 3.62. The molecule has 1 atom stereocenters. The number of carbonyl (C=O) groups excluding carboxylic acids is 2. The van der Waals surface area contributed by atoms with Crippen LogP contribution in [0, 0.1) is 0 Å². The third kappa shape index (κ3) is 4.36. The van der Waals surface area contributed by atoms with E-state index in [1.165, 1.54) is 0 Å². The van der Waals surface area contributed by atoms with Crippen LogP contribution in [0.3, 0.4) is 0 Å². The summed E-state index contributed by atoms with van der Waals surface area (Å²) < 4.78 is 0. The summed E-state index contributed by atoms with van der Waals surface area (Å²) in [6.07, 6.45) is 2.26. The molecule has 1 fully saturated rings. The molecule has 0 radical (unpaired) electrons. The van der Waals surface area contributed by atoms with Crippen molar-refractivity contribution in [3.8, 4) is 0 Å². The molecule has 114 valence electrons. The van der Waals surface area contributed by atoms with Gasteiger partial charge in [0, 0.05) is 36.3 Å². The Balaban J connectivity index is 2.00. The van der Waals surface area contributed by atoms with Gasteiger partial charge in [-0.3, -0.25) is 9.59 Å². The van der Waals surface area contributed by atoms with E-state index in [-0.39, 0.29) is 17.9 Å². The van der Waals surface area contributed by atoms with Crippen molar-refractivity contribution in [3.63, 3.8) is 0 Å². The van der Waals surface area contributed by atoms with Crippen LogP contribution in [0.4, 0.5) is 5.69 Å². The van der Waals surface area contributed by atoms with Gasteiger partial charge >= 0.3 is 0 Å². The first kappa shape index (κ1) is 15.6. The molecule has 1 aromatic carbocycles. The second-order valence-electron chi connectivity index (χ2n) is 5.13. The molecule has 1 aromatic rings. The van der Waals surface area contributed by atoms with Crippen molar-refractivity contribution in [2.75, 3.05) is 18.4 Å². The Labute approximate surface area is 129 Å². The first-order chi connectivity index (χ1) is 10.1. The highest BCUT2D eigenvalue weighted by atomic mass is 35.5. The van der Waals surface area contributed by atoms with Crippen molar-refractivity contribution in [1.29, 1.82) is 0 Å². The number of carbonyl (C=O) groups is 2. The average molecular weight is 310 g/mol. The van der Waals surface area contributed by atoms with E-state index in [4.69, 9.17) is 11.6 Å². The van der Waals surface area contributed by atoms with Gasteiger partial charge in [0.2, 0.25) is 5.91 Å². The van der Waals surface area contributed by atoms with E-state index in [1.54, 1.807) is 12.1 Å². The molecule has 1 aliphatic heterocycles. The molecule has 6 heteroatoms. The van der Waals surface area contributed by atoms with Crippen molar-refractivity contribution in [1.82, 2.24) is 10.6 Å². The second kappa shape index (κ2) is 7.31. The maximum absolute atomic E-state index is 12.3. The van der Waals surface area contributed by atoms with Gasteiger partial charge in [0.25, 0.3) is 5.91 Å². The largest absolute Gasteiger partial charge is 0.384 e. The molecule has 1 aliphatic rings. The van der Waals surface area contributed by atoms with E-state index in [9.17, 15) is 9.59 Å². The van der Waals surface area contributed by atoms with E-state index in [0.717, 1.165) is 25.1 Å². The summed E-state index contributed by atoms with van der Waals surface area (Å²) in [6.45, 7) is 3.29. The molecule has 2 rings (SSSR count). The highest BCUT2D eigenvalue weighted by Crippen LogP contribution is 2.21. The monoisotopic (exact) mass is 309 g/mol. The third-order valence-electron chi connectivity index (χ3n) is 3.39. The topological polar surface area (TPSA) is 70.2 Å². The lowest BCUT2D eigenvalue weighted by atomic mass is 10.1. The Morgan fingerprint density at radius 2 is 2.29 bits per heavy atom. The van der Waals surface area contributed by atoms with Crippen LogP contribution in [-0.2, 0) is 4.79 Å². The lowest BCUT2D eigenvalue weighted by Gasteiger charge is -2.14. The quantitative estimate of drug-likeness (QED) is 0.754. The van der Waals surface area contributed by atoms with Crippen LogP contribution in [0.25, 0.3) is 0 Å². The summed E-state index contributed by atoms with van der Waals surface area (Å²) in [7, 11) is 0. The molecule has 5 nitrogen and oxygen atoms in total. The van der Waals surface area contributed by atoms with E-state index in [2.05, 4.69) is 22.9 Å². The van der Waals surface area contributed by atoms with Crippen molar-refractivity contribution >= 4 is 29.1 Å². The predicted octanol–water partition coefficient (Wildman–Crippen LogP) is 2.17. The highest BCUT2D eigenvalue weighted by Gasteiger charge is 2.21. The first-order valence-electron chi connectivity index (χ1n) is 7.21. The Morgan fingerprint density at radius 1 is 1.48 bits per heavy atom. The lowest BCUT2D eigenvalue weighted by Crippen LogP contribution is -2.38. The second-order valence-corrected chi connectivity index (χ2v) is 5.57. The Morgan fingerprint density at radius 3 is 2.95 bits per heavy atom. The number of benzene rings is 1. The molecule has 1 saturated heterocycles. The number of hydrogen-bond acceptors (Lipinski definition) is 3. The van der Waals surface area contributed by atoms with Crippen LogP contribution in [0.5, 0.6) is 0 Å². The summed E-state index contributed by atoms with van der Waals surface area (Å²) in [5.41, 5.74) is 1.30. The van der Waals surface area contributed by atoms with Gasteiger partial charge in [-0.05, 0) is 31.0 Å². The molecule has 1 heterocycles. The molecule has 0 aliphatic carbocycles. The zero-order valence-corrected chi connectivity index (χ0v) is 12.8. The van der Waals surface area contributed by atoms with Crippen molar-refractivity contribution in [2.45, 2.75) is 32.2 Å². The van der Waals surface area contributed by atoms with Crippen molar-refractivity contribution in [2.24, 2.45) is 0 Å². The van der Waals surface area contributed by atoms with Crippen LogP contribution in [0.1, 0.15) is 36.5 Å². The zero-order chi connectivity index (χ0) is 15.2. The number of hydrogen-bond donors (Lipinski definition) is 3. The van der Waals surface area contributed by atoms with Gasteiger partial charge in [0.05, 0.1) is 5.56 Å². The predicted molar refractivity (Wildman–Crippen MR) is 83.7 cm³/mol. The number of anilines is 1. The zero-order valence-electron chi connectivity index (χ0n) is 12.0. The number of nitrogens with one attached hydrogen (secondary N) is 3. The average Bonchev–Trinajstić information content (AvgIpc) is 2.89. The van der Waals surface area contributed by atoms with Crippen LogP contribution >= 0.6 is 11.6 Å². The van der Waals surface area contributed by atoms with Gasteiger partial charge < -0.3 is 16.0 Å². The summed E-state index contributed by atoms with van der Waals surface area (Å²) in [4.78, 5) is 23.4. The summed E-state index contributed by atoms with van der Waals surface area (Å²) in [5, 5.41) is 9.42. The summed E-state index contributed by atoms with van der Waals surface area (Å²) >= 11 is 5.98. The number of halogens is 1. The molecule has 1 unspecified atom stereocenters. The minimum Gasteiger partial charge on any atom is -0.384 e. The Hall–Kier alpha value is -1.75. The fourth-order valence-corrected chi connectivity index (χ4v) is 2.43. The molecule has 0 saturated carbocycles. The normalized spacial score (nSPS) is 17.4. The number of amides is 2. The van der Waals surface area contributed by atoms with Crippen molar-refractivity contribution in [3.05, 3.63) is 28.8 Å². The van der Waals surface area contributed by atoms with Gasteiger partial charge in [-0.25, -0.2) is 0 Å². The molecule has 0 spiro atoms. The smallest absolute Gasteiger partial charge is 0.253 e. The van der Waals surface area contributed by atoms with Gasteiger partial charge in [0.15, 0.2) is 0 Å². The minimum absolute atomic E-state index is 0.0210. The van der Waals surface area contributed by atoms with E-state index < -0.39 is 0 Å². The van der Waals surface area contributed by atoms with Crippen molar-refractivity contribution < 1.29 is 9.59 Å². The molecule has 21 heavy (non-hydrogen) atoms. The molecule has 0 aromatic heterocycles. The Bertz CT molecular complexity index is 534. The summed E-state index contributed by atoms with van der Waals surface area (Å²) in [6, 6.07) is 5.24. The first-order valence-corrected chi connectivity index (χ1v) is 7.59. The lowest BCUT2D eigenvalue weighted by molar-refractivity contribution is -0.119.